The summed E-state index contributed by atoms with van der Waals surface area (Å²) in [7, 11) is 2.99. The number of aromatic nitrogens is 2. The number of methoxy groups -OCH3 is 2. The number of nitrogens with zero attached hydrogens (tertiary/aromatic N) is 5. The molecule has 0 atom stereocenters. The van der Waals surface area contributed by atoms with Crippen molar-refractivity contribution in [3.63, 3.8) is 0 Å². The van der Waals surface area contributed by atoms with Crippen molar-refractivity contribution in [3.8, 4) is 0 Å². The third kappa shape index (κ3) is 6.19. The van der Waals surface area contributed by atoms with Gasteiger partial charge in [-0.15, -0.1) is 0 Å². The highest BCUT2D eigenvalue weighted by atomic mass is 35.5. The standard InChI is InChI=1S/C17H20ClN7O7/c1-31-7-5-23(6-8-32-2)16-14(25(29)30)15(19-10-20-16)21-22-17(26)11-3-4-12(18)13(9-11)24(27)28/h3-4,9-10H,5-8H2,1-2H3,(H,22,26)(H,19,20,21). The highest BCUT2D eigenvalue weighted by molar-refractivity contribution is 6.32. The van der Waals surface area contributed by atoms with Gasteiger partial charge >= 0.3 is 5.69 Å². The first-order chi connectivity index (χ1) is 15.3. The van der Waals surface area contributed by atoms with E-state index in [0.717, 1.165) is 12.4 Å². The van der Waals surface area contributed by atoms with Gasteiger partial charge in [0.25, 0.3) is 11.6 Å². The van der Waals surface area contributed by atoms with Gasteiger partial charge in [-0.05, 0) is 12.1 Å². The van der Waals surface area contributed by atoms with Crippen LogP contribution in [0.4, 0.5) is 23.0 Å². The second-order valence-electron chi connectivity index (χ2n) is 6.13. The van der Waals surface area contributed by atoms with Crippen LogP contribution >= 0.6 is 11.6 Å². The molecule has 2 aromatic rings. The number of nitro groups is 2. The molecule has 2 rings (SSSR count). The van der Waals surface area contributed by atoms with E-state index in [2.05, 4.69) is 20.8 Å². The molecule has 1 aromatic heterocycles. The maximum absolute atomic E-state index is 12.4. The van der Waals surface area contributed by atoms with E-state index in [-0.39, 0.29) is 48.5 Å². The number of benzene rings is 1. The third-order valence-corrected chi connectivity index (χ3v) is 4.43. The Morgan fingerprint density at radius 1 is 1.12 bits per heavy atom. The summed E-state index contributed by atoms with van der Waals surface area (Å²) in [5.41, 5.74) is 3.58. The zero-order chi connectivity index (χ0) is 23.7. The van der Waals surface area contributed by atoms with Crippen molar-refractivity contribution in [3.05, 3.63) is 55.3 Å². The highest BCUT2D eigenvalue weighted by Gasteiger charge is 2.27. The van der Waals surface area contributed by atoms with Crippen LogP contribution in [-0.2, 0) is 9.47 Å². The molecule has 0 aliphatic rings. The van der Waals surface area contributed by atoms with Gasteiger partial charge in [-0.3, -0.25) is 35.9 Å². The number of anilines is 2. The minimum atomic E-state index is -0.796. The number of nitro benzene ring substituents is 1. The molecule has 0 saturated carbocycles. The minimum Gasteiger partial charge on any atom is -0.383 e. The number of hydrazine groups is 1. The molecule has 0 unspecified atom stereocenters. The van der Waals surface area contributed by atoms with Crippen LogP contribution in [0.2, 0.25) is 5.02 Å². The molecule has 0 bridgehead atoms. The van der Waals surface area contributed by atoms with E-state index in [1.807, 2.05) is 0 Å². The SMILES string of the molecule is COCCN(CCOC)c1ncnc(NNC(=O)c2ccc(Cl)c([N+](=O)[O-])c2)c1[N+](=O)[O-]. The van der Waals surface area contributed by atoms with Crippen LogP contribution in [0, 0.1) is 20.2 Å². The summed E-state index contributed by atoms with van der Waals surface area (Å²) in [6, 6.07) is 3.45. The van der Waals surface area contributed by atoms with E-state index in [1.54, 1.807) is 4.90 Å². The lowest BCUT2D eigenvalue weighted by molar-refractivity contribution is -0.384. The lowest BCUT2D eigenvalue weighted by Crippen LogP contribution is -2.33. The summed E-state index contributed by atoms with van der Waals surface area (Å²) >= 11 is 5.74. The first kappa shape index (κ1) is 24.6. The van der Waals surface area contributed by atoms with Crippen molar-refractivity contribution in [2.24, 2.45) is 0 Å². The fourth-order valence-corrected chi connectivity index (χ4v) is 2.76. The van der Waals surface area contributed by atoms with Crippen molar-refractivity contribution in [1.82, 2.24) is 15.4 Å². The van der Waals surface area contributed by atoms with Crippen molar-refractivity contribution < 1.29 is 24.1 Å². The fourth-order valence-electron chi connectivity index (χ4n) is 2.57. The number of rotatable bonds is 12. The summed E-state index contributed by atoms with van der Waals surface area (Å²) in [4.78, 5) is 43.2. The number of hydrogen-bond acceptors (Lipinski definition) is 11. The van der Waals surface area contributed by atoms with Gasteiger partial charge in [-0.25, -0.2) is 9.97 Å². The molecule has 0 aliphatic heterocycles. The van der Waals surface area contributed by atoms with Crippen LogP contribution in [0.5, 0.6) is 0 Å². The van der Waals surface area contributed by atoms with Crippen LogP contribution in [0.25, 0.3) is 0 Å². The Morgan fingerprint density at radius 3 is 2.34 bits per heavy atom. The van der Waals surface area contributed by atoms with Gasteiger partial charge in [0.2, 0.25) is 11.6 Å². The summed E-state index contributed by atoms with van der Waals surface area (Å²) in [6.45, 7) is 1.13. The molecule has 2 N–H and O–H groups in total. The molecule has 1 amide bonds. The number of nitrogens with one attached hydrogen (secondary N) is 2. The quantitative estimate of drug-likeness (QED) is 0.342. The van der Waals surface area contributed by atoms with Crippen molar-refractivity contribution in [2.75, 3.05) is 50.8 Å². The minimum absolute atomic E-state index is 0.00187. The first-order valence-corrected chi connectivity index (χ1v) is 9.40. The van der Waals surface area contributed by atoms with Crippen LogP contribution < -0.4 is 15.8 Å². The molecular formula is C17H20ClN7O7. The number of hydrogen-bond donors (Lipinski definition) is 2. The zero-order valence-electron chi connectivity index (χ0n) is 17.1. The van der Waals surface area contributed by atoms with Crippen molar-refractivity contribution in [2.45, 2.75) is 0 Å². The van der Waals surface area contributed by atoms with E-state index in [4.69, 9.17) is 21.1 Å². The smallest absolute Gasteiger partial charge is 0.355 e. The van der Waals surface area contributed by atoms with Gasteiger partial charge in [0.05, 0.1) is 23.1 Å². The second kappa shape index (κ2) is 11.7. The van der Waals surface area contributed by atoms with Gasteiger partial charge in [0.1, 0.15) is 11.3 Å². The maximum Gasteiger partial charge on any atom is 0.355 e. The Labute approximate surface area is 186 Å². The van der Waals surface area contributed by atoms with Gasteiger partial charge in [-0.1, -0.05) is 11.6 Å². The average Bonchev–Trinajstić information content (AvgIpc) is 2.77. The molecule has 0 fully saturated rings. The lowest BCUT2D eigenvalue weighted by atomic mass is 10.2. The number of carbonyl (C=O) groups is 1. The predicted molar refractivity (Wildman–Crippen MR) is 114 cm³/mol. The van der Waals surface area contributed by atoms with Gasteiger partial charge in [-0.2, -0.15) is 0 Å². The predicted octanol–water partition coefficient (Wildman–Crippen LogP) is 1.80. The van der Waals surface area contributed by atoms with E-state index >= 15 is 0 Å². The average molecular weight is 470 g/mol. The van der Waals surface area contributed by atoms with Gasteiger partial charge in [0, 0.05) is 38.9 Å². The monoisotopic (exact) mass is 469 g/mol. The number of halogens is 1. The topological polar surface area (TPSA) is 175 Å². The van der Waals surface area contributed by atoms with Gasteiger partial charge < -0.3 is 14.4 Å². The fraction of sp³-hybridized carbons (Fsp3) is 0.353. The Bertz CT molecular complexity index is 984. The van der Waals surface area contributed by atoms with Gasteiger partial charge in [0.15, 0.2) is 0 Å². The molecule has 1 heterocycles. The van der Waals surface area contributed by atoms with Crippen molar-refractivity contribution >= 4 is 40.5 Å². The first-order valence-electron chi connectivity index (χ1n) is 9.02. The summed E-state index contributed by atoms with van der Waals surface area (Å²) < 4.78 is 10.1. The molecule has 0 radical (unpaired) electrons. The molecule has 15 heteroatoms. The third-order valence-electron chi connectivity index (χ3n) is 4.12. The molecule has 14 nitrogen and oxygen atoms in total. The molecule has 0 saturated heterocycles. The van der Waals surface area contributed by atoms with E-state index in [0.29, 0.717) is 0 Å². The van der Waals surface area contributed by atoms with Crippen molar-refractivity contribution in [1.29, 1.82) is 0 Å². The maximum atomic E-state index is 12.4. The summed E-state index contributed by atoms with van der Waals surface area (Å²) in [6.07, 6.45) is 1.09. The van der Waals surface area contributed by atoms with Crippen LogP contribution in [0.15, 0.2) is 24.5 Å². The molecular weight excluding hydrogens is 450 g/mol. The summed E-state index contributed by atoms with van der Waals surface area (Å²) in [5.74, 6) is -1.08. The number of carbonyl (C=O) groups excluding carboxylic acids is 1. The normalized spacial score (nSPS) is 10.5. The Balaban J connectivity index is 2.29. The number of ether oxygens (including phenoxy) is 2. The van der Waals surface area contributed by atoms with E-state index in [1.165, 1.54) is 26.4 Å². The Hall–Kier alpha value is -3.62. The van der Waals surface area contributed by atoms with E-state index in [9.17, 15) is 25.0 Å². The number of amides is 1. The molecule has 32 heavy (non-hydrogen) atoms. The molecule has 172 valence electrons. The summed E-state index contributed by atoms with van der Waals surface area (Å²) in [5, 5.41) is 22.6. The van der Waals surface area contributed by atoms with E-state index < -0.39 is 27.1 Å². The Kier molecular flexibility index (Phi) is 9.00. The zero-order valence-corrected chi connectivity index (χ0v) is 17.9. The highest BCUT2D eigenvalue weighted by Crippen LogP contribution is 2.31. The largest absolute Gasteiger partial charge is 0.383 e. The molecule has 0 aliphatic carbocycles. The van der Waals surface area contributed by atoms with Crippen LogP contribution in [0.1, 0.15) is 10.4 Å². The lowest BCUT2D eigenvalue weighted by Gasteiger charge is -2.23. The molecule has 0 spiro atoms. The van der Waals surface area contributed by atoms with Crippen LogP contribution in [0.3, 0.4) is 0 Å². The molecule has 1 aromatic carbocycles. The Morgan fingerprint density at radius 2 is 1.78 bits per heavy atom. The van der Waals surface area contributed by atoms with Crippen LogP contribution in [-0.4, -0.2) is 66.2 Å². The second-order valence-corrected chi connectivity index (χ2v) is 6.53.